The number of aromatic nitrogens is 7. The first-order chi connectivity index (χ1) is 18.2. The molecule has 198 valence electrons. The van der Waals surface area contributed by atoms with Crippen LogP contribution in [0.1, 0.15) is 37.6 Å². The van der Waals surface area contributed by atoms with E-state index in [0.29, 0.717) is 42.5 Å². The van der Waals surface area contributed by atoms with Crippen LogP contribution in [0, 0.1) is 0 Å². The molecule has 0 aromatic carbocycles. The second-order valence-corrected chi connectivity index (χ2v) is 10.3. The minimum absolute atomic E-state index is 0.106. The summed E-state index contributed by atoms with van der Waals surface area (Å²) in [6, 6.07) is 1.08. The molecule has 5 heterocycles. The molecule has 2 atom stereocenters. The van der Waals surface area contributed by atoms with Crippen LogP contribution in [-0.4, -0.2) is 77.8 Å². The van der Waals surface area contributed by atoms with E-state index in [2.05, 4.69) is 46.1 Å². The third kappa shape index (κ3) is 6.00. The molecule has 0 saturated carbocycles. The van der Waals surface area contributed by atoms with E-state index in [0.717, 1.165) is 4.70 Å². The SMILES string of the molecule is CC(C)(C)OC(=O)N[C@H]1COCC[C@H]1Nc1ncc2scc(C(=O)Nc3nccc(-n4nccn4)n3)c2n1. The average molecular weight is 539 g/mol. The van der Waals surface area contributed by atoms with Gasteiger partial charge in [-0.15, -0.1) is 16.1 Å². The van der Waals surface area contributed by atoms with Crippen molar-refractivity contribution in [2.24, 2.45) is 0 Å². The maximum absolute atomic E-state index is 13.1. The largest absolute Gasteiger partial charge is 0.444 e. The van der Waals surface area contributed by atoms with Crippen LogP contribution in [0.5, 0.6) is 0 Å². The molecule has 38 heavy (non-hydrogen) atoms. The van der Waals surface area contributed by atoms with Crippen LogP contribution >= 0.6 is 11.3 Å². The van der Waals surface area contributed by atoms with Crippen LogP contribution in [0.3, 0.4) is 0 Å². The maximum atomic E-state index is 13.1. The zero-order chi connectivity index (χ0) is 26.7. The van der Waals surface area contributed by atoms with Gasteiger partial charge < -0.3 is 20.1 Å². The lowest BCUT2D eigenvalue weighted by atomic mass is 10.0. The van der Waals surface area contributed by atoms with Gasteiger partial charge in [0.05, 0.1) is 53.1 Å². The number of carbonyl (C=O) groups is 2. The van der Waals surface area contributed by atoms with Gasteiger partial charge >= 0.3 is 6.09 Å². The van der Waals surface area contributed by atoms with Crippen molar-refractivity contribution in [1.29, 1.82) is 0 Å². The first kappa shape index (κ1) is 25.4. The molecule has 1 saturated heterocycles. The van der Waals surface area contributed by atoms with Crippen molar-refractivity contribution in [3.05, 3.63) is 41.8 Å². The molecule has 3 N–H and O–H groups in total. The highest BCUT2D eigenvalue weighted by Gasteiger charge is 2.30. The van der Waals surface area contributed by atoms with Crippen molar-refractivity contribution >= 4 is 45.5 Å². The molecule has 0 aliphatic carbocycles. The monoisotopic (exact) mass is 538 g/mol. The Morgan fingerprint density at radius 2 is 1.92 bits per heavy atom. The number of alkyl carbamates (subject to hydrolysis) is 1. The third-order valence-electron chi connectivity index (χ3n) is 5.42. The lowest BCUT2D eigenvalue weighted by Crippen LogP contribution is -2.53. The zero-order valence-corrected chi connectivity index (χ0v) is 21.7. The van der Waals surface area contributed by atoms with Gasteiger partial charge in [0, 0.05) is 24.3 Å². The van der Waals surface area contributed by atoms with Crippen molar-refractivity contribution in [2.75, 3.05) is 23.8 Å². The van der Waals surface area contributed by atoms with Crippen molar-refractivity contribution in [1.82, 2.24) is 40.2 Å². The number of amides is 2. The van der Waals surface area contributed by atoms with Gasteiger partial charge in [-0.05, 0) is 27.2 Å². The smallest absolute Gasteiger partial charge is 0.408 e. The van der Waals surface area contributed by atoms with Gasteiger partial charge in [0.1, 0.15) is 5.60 Å². The number of rotatable bonds is 6. The number of fused-ring (bicyclic) bond motifs is 1. The van der Waals surface area contributed by atoms with Crippen LogP contribution in [-0.2, 0) is 9.47 Å². The Bertz CT molecular complexity index is 1440. The maximum Gasteiger partial charge on any atom is 0.408 e. The summed E-state index contributed by atoms with van der Waals surface area (Å²) in [4.78, 5) is 44.1. The van der Waals surface area contributed by atoms with E-state index in [9.17, 15) is 9.59 Å². The Morgan fingerprint density at radius 1 is 1.11 bits per heavy atom. The number of thiophene rings is 1. The molecule has 0 bridgehead atoms. The fraction of sp³-hybridized carbons (Fsp3) is 0.391. The van der Waals surface area contributed by atoms with Crippen LogP contribution in [0.4, 0.5) is 16.7 Å². The number of ether oxygens (including phenoxy) is 2. The van der Waals surface area contributed by atoms with E-state index in [1.165, 1.54) is 34.7 Å². The second-order valence-electron chi connectivity index (χ2n) is 9.43. The van der Waals surface area contributed by atoms with Gasteiger partial charge in [-0.2, -0.15) is 15.2 Å². The first-order valence-electron chi connectivity index (χ1n) is 11.8. The number of nitrogens with zero attached hydrogens (tertiary/aromatic N) is 7. The van der Waals surface area contributed by atoms with Crippen molar-refractivity contribution < 1.29 is 19.1 Å². The minimum atomic E-state index is -0.616. The van der Waals surface area contributed by atoms with Crippen LogP contribution in [0.25, 0.3) is 16.0 Å². The zero-order valence-electron chi connectivity index (χ0n) is 20.9. The molecule has 0 unspecified atom stereocenters. The number of anilines is 2. The highest BCUT2D eigenvalue weighted by Crippen LogP contribution is 2.26. The predicted octanol–water partition coefficient (Wildman–Crippen LogP) is 2.41. The lowest BCUT2D eigenvalue weighted by molar-refractivity contribution is 0.0317. The summed E-state index contributed by atoms with van der Waals surface area (Å²) in [5, 5.41) is 18.6. The van der Waals surface area contributed by atoms with E-state index in [1.54, 1.807) is 38.4 Å². The lowest BCUT2D eigenvalue weighted by Gasteiger charge is -2.33. The summed E-state index contributed by atoms with van der Waals surface area (Å²) in [5.74, 6) is 0.433. The third-order valence-corrected chi connectivity index (χ3v) is 6.33. The normalized spacial score (nSPS) is 17.7. The summed E-state index contributed by atoms with van der Waals surface area (Å²) < 4.78 is 11.7. The van der Waals surface area contributed by atoms with Gasteiger partial charge in [0.15, 0.2) is 5.82 Å². The number of hydrogen-bond donors (Lipinski definition) is 3. The Kier molecular flexibility index (Phi) is 7.11. The van der Waals surface area contributed by atoms with E-state index in [-0.39, 0.29) is 18.0 Å². The Labute approximate surface area is 221 Å². The van der Waals surface area contributed by atoms with Crippen molar-refractivity contribution in [2.45, 2.75) is 44.9 Å². The topological polar surface area (TPSA) is 171 Å². The molecular formula is C23H26N10O4S. The Balaban J connectivity index is 1.31. The van der Waals surface area contributed by atoms with E-state index < -0.39 is 17.6 Å². The van der Waals surface area contributed by atoms with Crippen LogP contribution < -0.4 is 16.0 Å². The highest BCUT2D eigenvalue weighted by molar-refractivity contribution is 7.17. The predicted molar refractivity (Wildman–Crippen MR) is 138 cm³/mol. The average Bonchev–Trinajstić information content (AvgIpc) is 3.55. The number of nitrogens with one attached hydrogen (secondary N) is 3. The van der Waals surface area contributed by atoms with Gasteiger partial charge in [-0.25, -0.2) is 19.7 Å². The van der Waals surface area contributed by atoms with Crippen molar-refractivity contribution in [3.8, 4) is 5.82 Å². The molecule has 4 aromatic rings. The van der Waals surface area contributed by atoms with E-state index in [4.69, 9.17) is 9.47 Å². The molecule has 2 amide bonds. The minimum Gasteiger partial charge on any atom is -0.444 e. The second kappa shape index (κ2) is 10.6. The fourth-order valence-corrected chi connectivity index (χ4v) is 4.60. The molecule has 1 fully saturated rings. The molecule has 0 spiro atoms. The van der Waals surface area contributed by atoms with E-state index in [1.807, 2.05) is 0 Å². The number of carbonyl (C=O) groups excluding carboxylic acids is 2. The summed E-state index contributed by atoms with van der Waals surface area (Å²) in [6.07, 6.45) is 6.31. The molecule has 0 radical (unpaired) electrons. The molecule has 5 rings (SSSR count). The molecular weight excluding hydrogens is 512 g/mol. The van der Waals surface area contributed by atoms with E-state index >= 15 is 0 Å². The van der Waals surface area contributed by atoms with Crippen molar-refractivity contribution in [3.63, 3.8) is 0 Å². The molecule has 1 aliphatic heterocycles. The highest BCUT2D eigenvalue weighted by atomic mass is 32.1. The molecule has 4 aromatic heterocycles. The quantitative estimate of drug-likeness (QED) is 0.329. The summed E-state index contributed by atoms with van der Waals surface area (Å²) in [5.41, 5.74) is 0.227. The van der Waals surface area contributed by atoms with Gasteiger partial charge in [0.2, 0.25) is 11.9 Å². The fourth-order valence-electron chi connectivity index (χ4n) is 3.76. The standard InChI is InChI=1S/C23H26N10O4S/c1-23(2,3)37-22(35)29-15-11-36-9-5-14(15)28-21-25-10-16-18(31-21)13(12-38-16)19(34)32-20-24-6-4-17(30-20)33-26-7-8-27-33/h4,6-8,10,12,14-15H,5,9,11H2,1-3H3,(H,29,35)(H,25,28,31)(H,24,30,32,34)/t14-,15+/m1/s1. The van der Waals surface area contributed by atoms with Gasteiger partial charge in [-0.1, -0.05) is 0 Å². The number of hydrogen-bond acceptors (Lipinski definition) is 12. The summed E-state index contributed by atoms with van der Waals surface area (Å²) >= 11 is 1.35. The molecule has 15 heteroatoms. The summed E-state index contributed by atoms with van der Waals surface area (Å²) in [6.45, 7) is 6.24. The van der Waals surface area contributed by atoms with Crippen LogP contribution in [0.2, 0.25) is 0 Å². The van der Waals surface area contributed by atoms with Gasteiger partial charge in [-0.3, -0.25) is 10.1 Å². The Morgan fingerprint density at radius 3 is 2.71 bits per heavy atom. The molecule has 1 aliphatic rings. The van der Waals surface area contributed by atoms with Crippen LogP contribution in [0.15, 0.2) is 36.2 Å². The first-order valence-corrected chi connectivity index (χ1v) is 12.7. The Hall–Kier alpha value is -4.24. The molecule has 14 nitrogen and oxygen atoms in total. The summed E-state index contributed by atoms with van der Waals surface area (Å²) in [7, 11) is 0. The van der Waals surface area contributed by atoms with Gasteiger partial charge in [0.25, 0.3) is 5.91 Å².